The average Bonchev–Trinajstić information content (AvgIpc) is 2.91. The molecule has 1 aromatic carbocycles. The van der Waals surface area contributed by atoms with Crippen LogP contribution in [-0.2, 0) is 0 Å². The third-order valence-electron chi connectivity index (χ3n) is 3.98. The van der Waals surface area contributed by atoms with Gasteiger partial charge < -0.3 is 15.6 Å². The molecule has 3 aromatic rings. The largest absolute Gasteiger partial charge is 0.368 e. The van der Waals surface area contributed by atoms with Gasteiger partial charge >= 0.3 is 0 Å². The number of benzene rings is 1. The molecular formula is C16H15FN6. The summed E-state index contributed by atoms with van der Waals surface area (Å²) in [5.74, 6) is -0.0590. The highest BCUT2D eigenvalue weighted by atomic mass is 19.1. The van der Waals surface area contributed by atoms with Crippen molar-refractivity contribution in [2.24, 2.45) is 0 Å². The van der Waals surface area contributed by atoms with Crippen molar-refractivity contribution in [1.82, 2.24) is 24.8 Å². The van der Waals surface area contributed by atoms with Gasteiger partial charge in [-0.1, -0.05) is 0 Å². The maximum Gasteiger partial charge on any atom is 0.220 e. The summed E-state index contributed by atoms with van der Waals surface area (Å²) in [6.07, 6.45) is 3.43. The standard InChI is InChI=1S/C16H15FN6/c17-11-3-1-10(2-4-11)14-15(13-5-6-20-16(18)22-13)23(9-21-14)12-7-19-8-12/h1-6,9,12,19H,7-8H2,(H2,18,20,22). The van der Waals surface area contributed by atoms with Gasteiger partial charge in [-0.15, -0.1) is 0 Å². The number of halogens is 1. The zero-order valence-corrected chi connectivity index (χ0v) is 12.3. The van der Waals surface area contributed by atoms with Gasteiger partial charge in [0.2, 0.25) is 5.95 Å². The maximum atomic E-state index is 13.2. The SMILES string of the molecule is Nc1nccc(-c2c(-c3ccc(F)cc3)ncn2C2CNC2)n1. The van der Waals surface area contributed by atoms with E-state index in [1.54, 1.807) is 24.7 Å². The van der Waals surface area contributed by atoms with Crippen molar-refractivity contribution in [2.75, 3.05) is 18.8 Å². The van der Waals surface area contributed by atoms with E-state index in [0.717, 1.165) is 30.0 Å². The van der Waals surface area contributed by atoms with Gasteiger partial charge in [0.05, 0.1) is 29.5 Å². The van der Waals surface area contributed by atoms with E-state index in [1.165, 1.54) is 12.1 Å². The van der Waals surface area contributed by atoms with E-state index in [4.69, 9.17) is 5.73 Å². The molecule has 1 fully saturated rings. The van der Waals surface area contributed by atoms with E-state index in [-0.39, 0.29) is 11.8 Å². The normalized spacial score (nSPS) is 14.7. The summed E-state index contributed by atoms with van der Waals surface area (Å²) >= 11 is 0. The van der Waals surface area contributed by atoms with Crippen LogP contribution in [0, 0.1) is 5.82 Å². The van der Waals surface area contributed by atoms with Crippen LogP contribution in [0.5, 0.6) is 0 Å². The highest BCUT2D eigenvalue weighted by Gasteiger charge is 2.25. The monoisotopic (exact) mass is 310 g/mol. The molecule has 7 heteroatoms. The van der Waals surface area contributed by atoms with Crippen molar-refractivity contribution in [1.29, 1.82) is 0 Å². The Morgan fingerprint density at radius 2 is 1.91 bits per heavy atom. The first kappa shape index (κ1) is 13.8. The summed E-state index contributed by atoms with van der Waals surface area (Å²) < 4.78 is 15.3. The number of anilines is 1. The lowest BCUT2D eigenvalue weighted by Gasteiger charge is -2.29. The molecule has 6 nitrogen and oxygen atoms in total. The van der Waals surface area contributed by atoms with Crippen molar-refractivity contribution in [3.05, 3.63) is 48.7 Å². The molecule has 116 valence electrons. The first-order chi connectivity index (χ1) is 11.2. The van der Waals surface area contributed by atoms with E-state index < -0.39 is 0 Å². The number of hydrogen-bond acceptors (Lipinski definition) is 5. The van der Waals surface area contributed by atoms with Crippen molar-refractivity contribution in [3.8, 4) is 22.6 Å². The fourth-order valence-corrected chi connectivity index (χ4v) is 2.69. The van der Waals surface area contributed by atoms with E-state index in [2.05, 4.69) is 24.8 Å². The minimum Gasteiger partial charge on any atom is -0.368 e. The summed E-state index contributed by atoms with van der Waals surface area (Å²) in [4.78, 5) is 12.8. The first-order valence-corrected chi connectivity index (χ1v) is 7.35. The van der Waals surface area contributed by atoms with Gasteiger partial charge in [-0.25, -0.2) is 19.3 Å². The molecule has 1 saturated heterocycles. The number of aromatic nitrogens is 4. The molecule has 0 aliphatic carbocycles. The summed E-state index contributed by atoms with van der Waals surface area (Å²) in [7, 11) is 0. The van der Waals surface area contributed by atoms with E-state index in [9.17, 15) is 4.39 Å². The Morgan fingerprint density at radius 1 is 1.13 bits per heavy atom. The second-order valence-corrected chi connectivity index (χ2v) is 5.47. The fourth-order valence-electron chi connectivity index (χ4n) is 2.69. The predicted octanol–water partition coefficient (Wildman–Crippen LogP) is 1.87. The Hall–Kier alpha value is -2.80. The quantitative estimate of drug-likeness (QED) is 0.772. The summed E-state index contributed by atoms with van der Waals surface area (Å²) in [5.41, 5.74) is 8.91. The summed E-state index contributed by atoms with van der Waals surface area (Å²) in [5, 5.41) is 3.25. The molecule has 0 bridgehead atoms. The van der Waals surface area contributed by atoms with Crippen LogP contribution in [0.3, 0.4) is 0 Å². The Balaban J connectivity index is 1.89. The molecule has 0 radical (unpaired) electrons. The Labute approximate surface area is 132 Å². The summed E-state index contributed by atoms with van der Waals surface area (Å²) in [6.45, 7) is 1.76. The van der Waals surface area contributed by atoms with Crippen LogP contribution in [0.4, 0.5) is 10.3 Å². The zero-order chi connectivity index (χ0) is 15.8. The van der Waals surface area contributed by atoms with Gasteiger partial charge in [0.15, 0.2) is 0 Å². The Kier molecular flexibility index (Phi) is 3.27. The Bertz CT molecular complexity index is 838. The van der Waals surface area contributed by atoms with Gasteiger partial charge in [-0.05, 0) is 30.3 Å². The van der Waals surface area contributed by atoms with E-state index in [0.29, 0.717) is 11.7 Å². The van der Waals surface area contributed by atoms with Crippen LogP contribution in [-0.4, -0.2) is 32.6 Å². The first-order valence-electron chi connectivity index (χ1n) is 7.35. The van der Waals surface area contributed by atoms with Crippen LogP contribution in [0.1, 0.15) is 6.04 Å². The second-order valence-electron chi connectivity index (χ2n) is 5.47. The zero-order valence-electron chi connectivity index (χ0n) is 12.3. The molecule has 0 spiro atoms. The van der Waals surface area contributed by atoms with Crippen molar-refractivity contribution in [3.63, 3.8) is 0 Å². The van der Waals surface area contributed by atoms with Crippen LogP contribution in [0.2, 0.25) is 0 Å². The molecule has 1 aliphatic heterocycles. The van der Waals surface area contributed by atoms with Crippen LogP contribution < -0.4 is 11.1 Å². The topological polar surface area (TPSA) is 81.6 Å². The minimum atomic E-state index is -0.274. The molecule has 2 aromatic heterocycles. The van der Waals surface area contributed by atoms with Crippen molar-refractivity contribution >= 4 is 5.95 Å². The molecule has 23 heavy (non-hydrogen) atoms. The third-order valence-corrected chi connectivity index (χ3v) is 3.98. The number of nitrogens with two attached hydrogens (primary N) is 1. The van der Waals surface area contributed by atoms with Gasteiger partial charge in [0, 0.05) is 24.8 Å². The summed E-state index contributed by atoms with van der Waals surface area (Å²) in [6, 6.07) is 8.42. The average molecular weight is 310 g/mol. The van der Waals surface area contributed by atoms with Gasteiger partial charge in [-0.3, -0.25) is 0 Å². The molecule has 0 saturated carbocycles. The number of nitrogen functional groups attached to an aromatic ring is 1. The van der Waals surface area contributed by atoms with Gasteiger partial charge in [0.1, 0.15) is 5.82 Å². The van der Waals surface area contributed by atoms with E-state index in [1.807, 2.05) is 6.07 Å². The molecule has 4 rings (SSSR count). The number of nitrogens with zero attached hydrogens (tertiary/aromatic N) is 4. The lowest BCUT2D eigenvalue weighted by atomic mass is 10.1. The lowest BCUT2D eigenvalue weighted by Crippen LogP contribution is -2.43. The molecule has 0 amide bonds. The second kappa shape index (κ2) is 5.44. The molecule has 0 unspecified atom stereocenters. The van der Waals surface area contributed by atoms with Gasteiger partial charge in [0.25, 0.3) is 0 Å². The smallest absolute Gasteiger partial charge is 0.220 e. The molecule has 3 N–H and O–H groups in total. The van der Waals surface area contributed by atoms with Crippen LogP contribution in [0.25, 0.3) is 22.6 Å². The highest BCUT2D eigenvalue weighted by Crippen LogP contribution is 2.33. The molecular weight excluding hydrogens is 295 g/mol. The highest BCUT2D eigenvalue weighted by molar-refractivity contribution is 5.77. The number of hydrogen-bond donors (Lipinski definition) is 2. The van der Waals surface area contributed by atoms with E-state index >= 15 is 0 Å². The minimum absolute atomic E-state index is 0.215. The Morgan fingerprint density at radius 3 is 2.57 bits per heavy atom. The maximum absolute atomic E-state index is 13.2. The lowest BCUT2D eigenvalue weighted by molar-refractivity contribution is 0.345. The molecule has 0 atom stereocenters. The third kappa shape index (κ3) is 2.44. The molecule has 1 aliphatic rings. The molecule has 3 heterocycles. The van der Waals surface area contributed by atoms with Crippen molar-refractivity contribution in [2.45, 2.75) is 6.04 Å². The van der Waals surface area contributed by atoms with Crippen LogP contribution in [0.15, 0.2) is 42.9 Å². The number of nitrogens with one attached hydrogen (secondary N) is 1. The van der Waals surface area contributed by atoms with Gasteiger partial charge in [-0.2, -0.15) is 0 Å². The number of rotatable bonds is 3. The van der Waals surface area contributed by atoms with Crippen molar-refractivity contribution < 1.29 is 4.39 Å². The fraction of sp³-hybridized carbons (Fsp3) is 0.188. The number of imidazole rings is 1. The predicted molar refractivity (Wildman–Crippen MR) is 85.0 cm³/mol. The van der Waals surface area contributed by atoms with Crippen LogP contribution >= 0.6 is 0 Å².